The number of allylic oxidation sites excluding steroid dienone is 1. The first-order valence-corrected chi connectivity index (χ1v) is 11.7. The maximum atomic E-state index is 13.8. The van der Waals surface area contributed by atoms with Gasteiger partial charge in [-0.2, -0.15) is 0 Å². The number of benzene rings is 1. The molecular weight excluding hydrogens is 411 g/mol. The van der Waals surface area contributed by atoms with E-state index >= 15 is 0 Å². The lowest BCUT2D eigenvalue weighted by Crippen LogP contribution is -2.49. The van der Waals surface area contributed by atoms with E-state index in [1.807, 2.05) is 26.0 Å². The number of rotatable bonds is 11. The van der Waals surface area contributed by atoms with Crippen LogP contribution in [0.2, 0.25) is 0 Å². The monoisotopic (exact) mass is 440 g/mol. The fraction of sp³-hybridized carbons (Fsp3) is 0.524. The molecule has 9 heteroatoms. The second-order valence-electron chi connectivity index (χ2n) is 7.63. The number of urea groups is 1. The summed E-state index contributed by atoms with van der Waals surface area (Å²) in [4.78, 5) is 24.3. The summed E-state index contributed by atoms with van der Waals surface area (Å²) in [5.74, 6) is -0.722. The standard InChI is InChI=1S/C21H29FN2O5S/c1-16(2)15-29-19-14-17(8-9-18(19)22)30(27,28)13-7-5-3-4-6-11-24-12-10-20(25)23-21(24)26/h4,6,8-9,14,16H,3,5,7,10-13,15H2,1-2H3,(H,23,25,26)/b6-4+. The zero-order valence-corrected chi connectivity index (χ0v) is 18.2. The Hall–Kier alpha value is -2.42. The summed E-state index contributed by atoms with van der Waals surface area (Å²) in [6.45, 7) is 4.96. The van der Waals surface area contributed by atoms with Crippen molar-refractivity contribution in [1.82, 2.24) is 10.2 Å². The third-order valence-corrected chi connectivity index (χ3v) is 6.30. The van der Waals surface area contributed by atoms with Gasteiger partial charge < -0.3 is 9.64 Å². The molecule has 166 valence electrons. The van der Waals surface area contributed by atoms with E-state index in [0.29, 0.717) is 45.4 Å². The molecule has 0 saturated carbocycles. The number of sulfone groups is 1. The lowest BCUT2D eigenvalue weighted by atomic mass is 10.2. The SMILES string of the molecule is CC(C)COc1cc(S(=O)(=O)CCCC/C=C/CN2CCC(=O)NC2=O)ccc1F. The molecule has 0 unspecified atom stereocenters. The predicted molar refractivity (Wildman–Crippen MR) is 112 cm³/mol. The lowest BCUT2D eigenvalue weighted by molar-refractivity contribution is -0.121. The van der Waals surface area contributed by atoms with Gasteiger partial charge in [-0.3, -0.25) is 10.1 Å². The summed E-state index contributed by atoms with van der Waals surface area (Å²) in [5, 5.41) is 2.26. The van der Waals surface area contributed by atoms with Crippen LogP contribution in [0, 0.1) is 11.7 Å². The number of halogens is 1. The Labute approximate surface area is 177 Å². The molecule has 7 nitrogen and oxygen atoms in total. The molecule has 30 heavy (non-hydrogen) atoms. The molecule has 0 radical (unpaired) electrons. The molecule has 0 bridgehead atoms. The molecule has 0 spiro atoms. The minimum atomic E-state index is -3.52. The van der Waals surface area contributed by atoms with E-state index in [1.165, 1.54) is 17.0 Å². The van der Waals surface area contributed by atoms with Gasteiger partial charge in [-0.1, -0.05) is 26.0 Å². The van der Waals surface area contributed by atoms with Gasteiger partial charge in [0.1, 0.15) is 0 Å². The van der Waals surface area contributed by atoms with Gasteiger partial charge in [-0.05, 0) is 37.3 Å². The number of amides is 3. The van der Waals surface area contributed by atoms with Gasteiger partial charge in [-0.25, -0.2) is 17.6 Å². The largest absolute Gasteiger partial charge is 0.490 e. The highest BCUT2D eigenvalue weighted by molar-refractivity contribution is 7.91. The zero-order chi connectivity index (χ0) is 22.1. The van der Waals surface area contributed by atoms with Crippen molar-refractivity contribution < 1.29 is 27.1 Å². The Balaban J connectivity index is 1.76. The number of nitrogens with zero attached hydrogens (tertiary/aromatic N) is 1. The molecule has 1 aliphatic heterocycles. The van der Waals surface area contributed by atoms with E-state index < -0.39 is 21.7 Å². The van der Waals surface area contributed by atoms with Crippen molar-refractivity contribution in [2.75, 3.05) is 25.4 Å². The Morgan fingerprint density at radius 2 is 2.00 bits per heavy atom. The summed E-state index contributed by atoms with van der Waals surface area (Å²) < 4.78 is 44.2. The van der Waals surface area contributed by atoms with Gasteiger partial charge >= 0.3 is 6.03 Å². The highest BCUT2D eigenvalue weighted by Gasteiger charge is 2.21. The first-order chi connectivity index (χ1) is 14.2. The van der Waals surface area contributed by atoms with Crippen LogP contribution in [0.5, 0.6) is 5.75 Å². The number of carbonyl (C=O) groups excluding carboxylic acids is 2. The van der Waals surface area contributed by atoms with Crippen LogP contribution in [-0.2, 0) is 14.6 Å². The number of ether oxygens (including phenoxy) is 1. The van der Waals surface area contributed by atoms with E-state index in [0.717, 1.165) is 6.07 Å². The summed E-state index contributed by atoms with van der Waals surface area (Å²) in [5.41, 5.74) is 0. The van der Waals surface area contributed by atoms with Gasteiger partial charge in [0.05, 0.1) is 17.3 Å². The molecule has 1 aromatic carbocycles. The van der Waals surface area contributed by atoms with Crippen molar-refractivity contribution in [2.24, 2.45) is 5.92 Å². The Kier molecular flexibility index (Phi) is 8.83. The van der Waals surface area contributed by atoms with Crippen LogP contribution in [0.4, 0.5) is 9.18 Å². The minimum absolute atomic E-state index is 0.0350. The summed E-state index contributed by atoms with van der Waals surface area (Å²) in [6, 6.07) is 3.25. The maximum absolute atomic E-state index is 13.8. The molecule has 0 atom stereocenters. The van der Waals surface area contributed by atoms with Gasteiger partial charge in [-0.15, -0.1) is 0 Å². The van der Waals surface area contributed by atoms with E-state index in [-0.39, 0.29) is 28.2 Å². The van der Waals surface area contributed by atoms with Crippen LogP contribution in [0.1, 0.15) is 39.5 Å². The van der Waals surface area contributed by atoms with Gasteiger partial charge in [0.25, 0.3) is 0 Å². The molecule has 0 aromatic heterocycles. The topological polar surface area (TPSA) is 92.8 Å². The zero-order valence-electron chi connectivity index (χ0n) is 17.4. The summed E-state index contributed by atoms with van der Waals surface area (Å²) in [7, 11) is -3.52. The second-order valence-corrected chi connectivity index (χ2v) is 9.74. The van der Waals surface area contributed by atoms with Gasteiger partial charge in [0, 0.05) is 25.6 Å². The first kappa shape index (κ1) is 23.9. The van der Waals surface area contributed by atoms with Crippen molar-refractivity contribution >= 4 is 21.8 Å². The Morgan fingerprint density at radius 1 is 1.23 bits per heavy atom. The number of carbonyl (C=O) groups is 2. The predicted octanol–water partition coefficient (Wildman–Crippen LogP) is 3.30. The quantitative estimate of drug-likeness (QED) is 0.324. The highest BCUT2D eigenvalue weighted by Crippen LogP contribution is 2.24. The molecule has 1 N–H and O–H groups in total. The molecular formula is C21H29FN2O5S. The fourth-order valence-electron chi connectivity index (χ4n) is 2.81. The third-order valence-electron chi connectivity index (χ3n) is 4.50. The van der Waals surface area contributed by atoms with Crippen molar-refractivity contribution in [3.8, 4) is 5.75 Å². The molecule has 1 aliphatic rings. The molecule has 1 heterocycles. The van der Waals surface area contributed by atoms with Crippen molar-refractivity contribution in [2.45, 2.75) is 44.4 Å². The van der Waals surface area contributed by atoms with E-state index in [9.17, 15) is 22.4 Å². The van der Waals surface area contributed by atoms with Crippen molar-refractivity contribution in [1.29, 1.82) is 0 Å². The molecule has 1 fully saturated rings. The Morgan fingerprint density at radius 3 is 2.70 bits per heavy atom. The lowest BCUT2D eigenvalue weighted by Gasteiger charge is -2.25. The Bertz CT molecular complexity index is 883. The molecule has 0 aliphatic carbocycles. The average Bonchev–Trinajstić information content (AvgIpc) is 2.67. The normalized spacial score (nSPS) is 15.1. The van der Waals surface area contributed by atoms with Gasteiger partial charge in [0.2, 0.25) is 5.91 Å². The number of hydrogen-bond donors (Lipinski definition) is 1. The molecule has 3 amide bonds. The molecule has 1 saturated heterocycles. The summed E-state index contributed by atoms with van der Waals surface area (Å²) >= 11 is 0. The molecule has 2 rings (SSSR count). The van der Waals surface area contributed by atoms with Crippen LogP contribution in [-0.4, -0.2) is 50.7 Å². The number of imide groups is 1. The second kappa shape index (κ2) is 11.1. The van der Waals surface area contributed by atoms with Crippen LogP contribution in [0.3, 0.4) is 0 Å². The van der Waals surface area contributed by atoms with E-state index in [2.05, 4.69) is 5.32 Å². The van der Waals surface area contributed by atoms with Crippen LogP contribution in [0.15, 0.2) is 35.2 Å². The fourth-order valence-corrected chi connectivity index (χ4v) is 4.19. The highest BCUT2D eigenvalue weighted by atomic mass is 32.2. The van der Waals surface area contributed by atoms with Crippen molar-refractivity contribution in [3.63, 3.8) is 0 Å². The minimum Gasteiger partial charge on any atom is -0.490 e. The molecule has 1 aromatic rings. The van der Waals surface area contributed by atoms with E-state index in [1.54, 1.807) is 0 Å². The van der Waals surface area contributed by atoms with Crippen LogP contribution >= 0.6 is 0 Å². The first-order valence-electron chi connectivity index (χ1n) is 10.1. The number of unbranched alkanes of at least 4 members (excludes halogenated alkanes) is 2. The number of hydrogen-bond acceptors (Lipinski definition) is 5. The number of nitrogens with one attached hydrogen (secondary N) is 1. The summed E-state index contributed by atoms with van der Waals surface area (Å²) in [6.07, 6.45) is 5.83. The average molecular weight is 441 g/mol. The third kappa shape index (κ3) is 7.44. The van der Waals surface area contributed by atoms with E-state index in [4.69, 9.17) is 4.74 Å². The van der Waals surface area contributed by atoms with Gasteiger partial charge in [0.15, 0.2) is 21.4 Å². The maximum Gasteiger partial charge on any atom is 0.324 e. The van der Waals surface area contributed by atoms with Crippen LogP contribution < -0.4 is 10.1 Å². The smallest absolute Gasteiger partial charge is 0.324 e. The van der Waals surface area contributed by atoms with Crippen molar-refractivity contribution in [3.05, 3.63) is 36.2 Å². The van der Waals surface area contributed by atoms with Crippen LogP contribution in [0.25, 0.3) is 0 Å².